The number of rotatable bonds is 7. The summed E-state index contributed by atoms with van der Waals surface area (Å²) < 4.78 is 38.6. The Morgan fingerprint density at radius 2 is 1.97 bits per heavy atom. The number of ether oxygens (including phenoxy) is 2. The summed E-state index contributed by atoms with van der Waals surface area (Å²) in [6, 6.07) is 7.26. The first kappa shape index (κ1) is 21.9. The number of hydrogen-bond donors (Lipinski definition) is 1. The first-order valence-corrected chi connectivity index (χ1v) is 10.9. The third kappa shape index (κ3) is 5.04. The van der Waals surface area contributed by atoms with Crippen LogP contribution in [0.25, 0.3) is 0 Å². The number of anilines is 1. The standard InChI is InChI=1S/C19H24N4O6S/c1-14(2)23-17(6-7-20-23)21-18(24)13-29-19(25)15-4-3-5-16(12-15)30(26,27)22-8-10-28-11-9-22/h3-7,12,14H,8-11,13H2,1-2H3,(H,21,24). The third-order valence-corrected chi connectivity index (χ3v) is 6.33. The molecule has 1 aliphatic rings. The second-order valence-electron chi connectivity index (χ2n) is 6.92. The van der Waals surface area contributed by atoms with E-state index >= 15 is 0 Å². The lowest BCUT2D eigenvalue weighted by Crippen LogP contribution is -2.40. The monoisotopic (exact) mass is 436 g/mol. The molecule has 1 N–H and O–H groups in total. The zero-order valence-corrected chi connectivity index (χ0v) is 17.6. The van der Waals surface area contributed by atoms with Crippen molar-refractivity contribution in [2.24, 2.45) is 0 Å². The van der Waals surface area contributed by atoms with E-state index in [2.05, 4.69) is 10.4 Å². The van der Waals surface area contributed by atoms with Crippen LogP contribution in [0.1, 0.15) is 30.2 Å². The van der Waals surface area contributed by atoms with Gasteiger partial charge in [-0.25, -0.2) is 17.9 Å². The summed E-state index contributed by atoms with van der Waals surface area (Å²) in [7, 11) is -3.74. The summed E-state index contributed by atoms with van der Waals surface area (Å²) in [6.45, 7) is 4.48. The Morgan fingerprint density at radius 3 is 2.67 bits per heavy atom. The van der Waals surface area contributed by atoms with Crippen LogP contribution >= 0.6 is 0 Å². The van der Waals surface area contributed by atoms with Gasteiger partial charge in [0.2, 0.25) is 10.0 Å². The number of nitrogens with one attached hydrogen (secondary N) is 1. The Morgan fingerprint density at radius 1 is 1.23 bits per heavy atom. The molecule has 1 fully saturated rings. The number of carbonyl (C=O) groups is 2. The summed E-state index contributed by atoms with van der Waals surface area (Å²) in [4.78, 5) is 24.4. The fourth-order valence-corrected chi connectivity index (χ4v) is 4.39. The molecule has 0 spiro atoms. The quantitative estimate of drug-likeness (QED) is 0.649. The fraction of sp³-hybridized carbons (Fsp3) is 0.421. The van der Waals surface area contributed by atoms with Crippen molar-refractivity contribution in [3.63, 3.8) is 0 Å². The summed E-state index contributed by atoms with van der Waals surface area (Å²) in [5.41, 5.74) is 0.0457. The molecule has 0 saturated carbocycles. The maximum absolute atomic E-state index is 12.7. The minimum absolute atomic E-state index is 0.0101. The maximum Gasteiger partial charge on any atom is 0.338 e. The van der Waals surface area contributed by atoms with Gasteiger partial charge >= 0.3 is 5.97 Å². The molecule has 0 aliphatic carbocycles. The molecule has 0 bridgehead atoms. The van der Waals surface area contributed by atoms with E-state index < -0.39 is 28.5 Å². The van der Waals surface area contributed by atoms with Gasteiger partial charge in [-0.1, -0.05) is 6.07 Å². The van der Waals surface area contributed by atoms with Crippen molar-refractivity contribution in [1.82, 2.24) is 14.1 Å². The Hall–Kier alpha value is -2.76. The van der Waals surface area contributed by atoms with Gasteiger partial charge in [-0.2, -0.15) is 9.40 Å². The van der Waals surface area contributed by atoms with Gasteiger partial charge in [0.15, 0.2) is 6.61 Å². The Labute approximate surface area is 174 Å². The van der Waals surface area contributed by atoms with E-state index in [0.29, 0.717) is 19.0 Å². The van der Waals surface area contributed by atoms with Crippen LogP contribution < -0.4 is 5.32 Å². The maximum atomic E-state index is 12.7. The van der Waals surface area contributed by atoms with Crippen molar-refractivity contribution in [3.8, 4) is 0 Å². The SMILES string of the molecule is CC(C)n1nccc1NC(=O)COC(=O)c1cccc(S(=O)(=O)N2CCOCC2)c1. The molecule has 1 aromatic heterocycles. The molecule has 1 amide bonds. The number of carbonyl (C=O) groups excluding carboxylic acids is 2. The predicted molar refractivity (Wildman–Crippen MR) is 108 cm³/mol. The molecule has 10 nitrogen and oxygen atoms in total. The number of benzene rings is 1. The van der Waals surface area contributed by atoms with Crippen LogP contribution in [-0.2, 0) is 24.3 Å². The van der Waals surface area contributed by atoms with Crippen molar-refractivity contribution in [3.05, 3.63) is 42.1 Å². The van der Waals surface area contributed by atoms with Crippen molar-refractivity contribution in [1.29, 1.82) is 0 Å². The van der Waals surface area contributed by atoms with Gasteiger partial charge in [0, 0.05) is 25.2 Å². The number of hydrogen-bond acceptors (Lipinski definition) is 7. The van der Waals surface area contributed by atoms with Crippen LogP contribution in [0.15, 0.2) is 41.4 Å². The molecule has 162 valence electrons. The zero-order valence-electron chi connectivity index (χ0n) is 16.8. The topological polar surface area (TPSA) is 120 Å². The first-order valence-electron chi connectivity index (χ1n) is 9.47. The van der Waals surface area contributed by atoms with Gasteiger partial charge < -0.3 is 14.8 Å². The molecule has 30 heavy (non-hydrogen) atoms. The van der Waals surface area contributed by atoms with Crippen LogP contribution in [0.4, 0.5) is 5.82 Å². The number of aromatic nitrogens is 2. The van der Waals surface area contributed by atoms with E-state index in [4.69, 9.17) is 9.47 Å². The molecule has 2 aromatic rings. The summed E-state index contributed by atoms with van der Waals surface area (Å²) in [6.07, 6.45) is 1.56. The van der Waals surface area contributed by atoms with Gasteiger partial charge in [-0.15, -0.1) is 0 Å². The summed E-state index contributed by atoms with van der Waals surface area (Å²) in [5.74, 6) is -0.825. The molecular formula is C19H24N4O6S. The van der Waals surface area contributed by atoms with Gasteiger partial charge in [0.25, 0.3) is 5.91 Å². The molecule has 2 heterocycles. The van der Waals surface area contributed by atoms with Crippen LogP contribution in [0.5, 0.6) is 0 Å². The van der Waals surface area contributed by atoms with Crippen molar-refractivity contribution < 1.29 is 27.5 Å². The second-order valence-corrected chi connectivity index (χ2v) is 8.86. The van der Waals surface area contributed by atoms with Gasteiger partial charge in [-0.05, 0) is 32.0 Å². The number of sulfonamides is 1. The number of amides is 1. The van der Waals surface area contributed by atoms with E-state index in [1.807, 2.05) is 13.8 Å². The largest absolute Gasteiger partial charge is 0.452 e. The van der Waals surface area contributed by atoms with E-state index in [1.54, 1.807) is 16.9 Å². The molecule has 11 heteroatoms. The average Bonchev–Trinajstić information content (AvgIpc) is 3.21. The number of esters is 1. The molecule has 0 atom stereocenters. The van der Waals surface area contributed by atoms with Gasteiger partial charge in [0.1, 0.15) is 5.82 Å². The fourth-order valence-electron chi connectivity index (χ4n) is 2.94. The minimum atomic E-state index is -3.74. The highest BCUT2D eigenvalue weighted by Crippen LogP contribution is 2.19. The normalized spacial score (nSPS) is 15.2. The molecule has 1 saturated heterocycles. The van der Waals surface area contributed by atoms with Crippen LogP contribution in [0.2, 0.25) is 0 Å². The van der Waals surface area contributed by atoms with Gasteiger partial charge in [-0.3, -0.25) is 4.79 Å². The van der Waals surface area contributed by atoms with Crippen molar-refractivity contribution >= 4 is 27.7 Å². The van der Waals surface area contributed by atoms with E-state index in [0.717, 1.165) is 0 Å². The Kier molecular flexibility index (Phi) is 6.85. The molecular weight excluding hydrogens is 412 g/mol. The lowest BCUT2D eigenvalue weighted by atomic mass is 10.2. The zero-order chi connectivity index (χ0) is 21.7. The highest BCUT2D eigenvalue weighted by Gasteiger charge is 2.27. The predicted octanol–water partition coefficient (Wildman–Crippen LogP) is 1.28. The first-order chi connectivity index (χ1) is 14.3. The van der Waals surface area contributed by atoms with E-state index in [1.165, 1.54) is 28.6 Å². The highest BCUT2D eigenvalue weighted by atomic mass is 32.2. The number of morpholine rings is 1. The van der Waals surface area contributed by atoms with Crippen LogP contribution in [0, 0.1) is 0 Å². The molecule has 1 aliphatic heterocycles. The van der Waals surface area contributed by atoms with Gasteiger partial charge in [0.05, 0.1) is 29.9 Å². The van der Waals surface area contributed by atoms with Crippen molar-refractivity contribution in [2.45, 2.75) is 24.8 Å². The lowest BCUT2D eigenvalue weighted by Gasteiger charge is -2.26. The van der Waals surface area contributed by atoms with Crippen LogP contribution in [-0.4, -0.2) is 67.3 Å². The minimum Gasteiger partial charge on any atom is -0.452 e. The smallest absolute Gasteiger partial charge is 0.338 e. The third-order valence-electron chi connectivity index (χ3n) is 4.44. The Balaban J connectivity index is 1.62. The molecule has 3 rings (SSSR count). The van der Waals surface area contributed by atoms with E-state index in [9.17, 15) is 18.0 Å². The molecule has 1 aromatic carbocycles. The number of nitrogens with zero attached hydrogens (tertiary/aromatic N) is 3. The van der Waals surface area contributed by atoms with Crippen LogP contribution in [0.3, 0.4) is 0 Å². The summed E-state index contributed by atoms with van der Waals surface area (Å²) >= 11 is 0. The van der Waals surface area contributed by atoms with Crippen molar-refractivity contribution in [2.75, 3.05) is 38.2 Å². The van der Waals surface area contributed by atoms with E-state index in [-0.39, 0.29) is 29.6 Å². The molecule has 0 unspecified atom stereocenters. The Bertz CT molecular complexity index is 1010. The second kappa shape index (κ2) is 9.37. The highest BCUT2D eigenvalue weighted by molar-refractivity contribution is 7.89. The lowest BCUT2D eigenvalue weighted by molar-refractivity contribution is -0.119. The molecule has 0 radical (unpaired) electrons. The average molecular weight is 436 g/mol. The summed E-state index contributed by atoms with van der Waals surface area (Å²) in [5, 5.41) is 6.74.